The van der Waals surface area contributed by atoms with Crippen molar-refractivity contribution in [1.82, 2.24) is 14.6 Å². The lowest BCUT2D eigenvalue weighted by atomic mass is 10.3. The Bertz CT molecular complexity index is 685. The third kappa shape index (κ3) is 1.52. The molecule has 0 atom stereocenters. The second-order valence-corrected chi connectivity index (χ2v) is 4.25. The predicted molar refractivity (Wildman–Crippen MR) is 65.2 cm³/mol. The summed E-state index contributed by atoms with van der Waals surface area (Å²) in [4.78, 5) is 4.44. The van der Waals surface area contributed by atoms with Gasteiger partial charge in [-0.2, -0.15) is 5.10 Å². The van der Waals surface area contributed by atoms with Crippen molar-refractivity contribution in [2.45, 2.75) is 13.8 Å². The minimum absolute atomic E-state index is 0.588. The second kappa shape index (κ2) is 3.60. The first-order valence-electron chi connectivity index (χ1n) is 5.23. The molecule has 0 aliphatic rings. The standard InChI is InChI=1S/C12H10ClN3O/c1-7-8(2)14-11-6-9(10-4-3-5-17-10)15-16(11)12(7)13/h3-6H,1-2H3. The molecule has 0 amide bonds. The third-order valence-electron chi connectivity index (χ3n) is 2.78. The molecule has 86 valence electrons. The number of nitrogens with zero attached hydrogens (tertiary/aromatic N) is 3. The van der Waals surface area contributed by atoms with E-state index in [-0.39, 0.29) is 0 Å². The molecule has 3 aromatic heterocycles. The van der Waals surface area contributed by atoms with Gasteiger partial charge < -0.3 is 4.42 Å². The summed E-state index contributed by atoms with van der Waals surface area (Å²) in [5, 5.41) is 4.97. The molecule has 0 saturated carbocycles. The summed E-state index contributed by atoms with van der Waals surface area (Å²) in [5.41, 5.74) is 3.31. The molecule has 0 bridgehead atoms. The molecular formula is C12H10ClN3O. The van der Waals surface area contributed by atoms with E-state index in [0.717, 1.165) is 22.6 Å². The van der Waals surface area contributed by atoms with Crippen LogP contribution in [0.4, 0.5) is 0 Å². The van der Waals surface area contributed by atoms with E-state index >= 15 is 0 Å². The Kier molecular flexibility index (Phi) is 2.19. The van der Waals surface area contributed by atoms with Gasteiger partial charge in [0.2, 0.25) is 0 Å². The highest BCUT2D eigenvalue weighted by Gasteiger charge is 2.12. The van der Waals surface area contributed by atoms with Crippen molar-refractivity contribution < 1.29 is 4.42 Å². The third-order valence-corrected chi connectivity index (χ3v) is 3.23. The number of rotatable bonds is 1. The van der Waals surface area contributed by atoms with Crippen molar-refractivity contribution in [3.63, 3.8) is 0 Å². The van der Waals surface area contributed by atoms with Crippen molar-refractivity contribution in [3.05, 3.63) is 40.9 Å². The van der Waals surface area contributed by atoms with Crippen LogP contribution < -0.4 is 0 Å². The normalized spacial score (nSPS) is 11.2. The molecule has 4 nitrogen and oxygen atoms in total. The van der Waals surface area contributed by atoms with Gasteiger partial charge in [-0.25, -0.2) is 9.50 Å². The van der Waals surface area contributed by atoms with Crippen molar-refractivity contribution in [3.8, 4) is 11.5 Å². The first kappa shape index (κ1) is 10.4. The van der Waals surface area contributed by atoms with Gasteiger partial charge in [-0.05, 0) is 26.0 Å². The number of hydrogen-bond donors (Lipinski definition) is 0. The van der Waals surface area contributed by atoms with E-state index in [2.05, 4.69) is 10.1 Å². The number of aryl methyl sites for hydroxylation is 1. The summed E-state index contributed by atoms with van der Waals surface area (Å²) >= 11 is 6.24. The van der Waals surface area contributed by atoms with Gasteiger partial charge in [0.25, 0.3) is 0 Å². The van der Waals surface area contributed by atoms with Gasteiger partial charge >= 0.3 is 0 Å². The highest BCUT2D eigenvalue weighted by Crippen LogP contribution is 2.24. The fraction of sp³-hybridized carbons (Fsp3) is 0.167. The smallest absolute Gasteiger partial charge is 0.157 e. The Morgan fingerprint density at radius 2 is 2.18 bits per heavy atom. The summed E-state index contributed by atoms with van der Waals surface area (Å²) in [7, 11) is 0. The van der Waals surface area contributed by atoms with Crippen LogP contribution in [-0.4, -0.2) is 14.6 Å². The summed E-state index contributed by atoms with van der Waals surface area (Å²) in [6, 6.07) is 5.54. The Morgan fingerprint density at radius 1 is 1.35 bits per heavy atom. The zero-order valence-corrected chi connectivity index (χ0v) is 10.2. The molecule has 17 heavy (non-hydrogen) atoms. The van der Waals surface area contributed by atoms with Crippen molar-refractivity contribution in [1.29, 1.82) is 0 Å². The van der Waals surface area contributed by atoms with Crippen LogP contribution in [0.15, 0.2) is 28.9 Å². The van der Waals surface area contributed by atoms with Crippen LogP contribution in [-0.2, 0) is 0 Å². The second-order valence-electron chi connectivity index (χ2n) is 3.89. The van der Waals surface area contributed by atoms with Crippen LogP contribution in [0.5, 0.6) is 0 Å². The average molecular weight is 248 g/mol. The van der Waals surface area contributed by atoms with Crippen molar-refractivity contribution in [2.24, 2.45) is 0 Å². The van der Waals surface area contributed by atoms with Gasteiger partial charge in [0, 0.05) is 17.3 Å². The quantitative estimate of drug-likeness (QED) is 0.620. The number of aromatic nitrogens is 3. The average Bonchev–Trinajstić information content (AvgIpc) is 2.93. The molecule has 0 aliphatic heterocycles. The van der Waals surface area contributed by atoms with E-state index in [1.165, 1.54) is 0 Å². The predicted octanol–water partition coefficient (Wildman–Crippen LogP) is 3.26. The maximum absolute atomic E-state index is 6.24. The molecule has 0 saturated heterocycles. The van der Waals surface area contributed by atoms with E-state index < -0.39 is 0 Å². The molecule has 0 unspecified atom stereocenters. The molecule has 0 N–H and O–H groups in total. The first-order valence-corrected chi connectivity index (χ1v) is 5.61. The minimum Gasteiger partial charge on any atom is -0.463 e. The first-order chi connectivity index (χ1) is 8.16. The largest absolute Gasteiger partial charge is 0.463 e. The van der Waals surface area contributed by atoms with Gasteiger partial charge in [-0.1, -0.05) is 11.6 Å². The molecule has 0 aliphatic carbocycles. The maximum Gasteiger partial charge on any atom is 0.157 e. The van der Waals surface area contributed by atoms with Gasteiger partial charge in [-0.15, -0.1) is 0 Å². The van der Waals surface area contributed by atoms with Crippen LogP contribution in [0, 0.1) is 13.8 Å². The van der Waals surface area contributed by atoms with E-state index in [9.17, 15) is 0 Å². The Balaban J connectivity index is 2.30. The topological polar surface area (TPSA) is 43.3 Å². The summed E-state index contributed by atoms with van der Waals surface area (Å²) < 4.78 is 6.93. The van der Waals surface area contributed by atoms with Gasteiger partial charge in [0.05, 0.1) is 6.26 Å². The van der Waals surface area contributed by atoms with E-state index in [4.69, 9.17) is 16.0 Å². The van der Waals surface area contributed by atoms with Crippen LogP contribution in [0.25, 0.3) is 17.1 Å². The highest BCUT2D eigenvalue weighted by atomic mass is 35.5. The molecular weight excluding hydrogens is 238 g/mol. The van der Waals surface area contributed by atoms with Crippen LogP contribution >= 0.6 is 11.6 Å². The van der Waals surface area contributed by atoms with Crippen molar-refractivity contribution in [2.75, 3.05) is 0 Å². The highest BCUT2D eigenvalue weighted by molar-refractivity contribution is 6.30. The minimum atomic E-state index is 0.588. The number of furan rings is 1. The maximum atomic E-state index is 6.24. The monoisotopic (exact) mass is 247 g/mol. The molecule has 0 aromatic carbocycles. The van der Waals surface area contributed by atoms with Gasteiger partial charge in [0.15, 0.2) is 11.4 Å². The fourth-order valence-corrected chi connectivity index (χ4v) is 1.97. The van der Waals surface area contributed by atoms with Crippen molar-refractivity contribution >= 4 is 17.2 Å². The van der Waals surface area contributed by atoms with E-state index in [1.54, 1.807) is 10.8 Å². The van der Waals surface area contributed by atoms with Gasteiger partial charge in [0.1, 0.15) is 10.8 Å². The molecule has 0 spiro atoms. The summed E-state index contributed by atoms with van der Waals surface area (Å²) in [6.45, 7) is 3.86. The molecule has 3 heterocycles. The number of fused-ring (bicyclic) bond motifs is 1. The molecule has 0 fully saturated rings. The Hall–Kier alpha value is -1.81. The number of halogens is 1. The molecule has 3 rings (SSSR count). The zero-order chi connectivity index (χ0) is 12.0. The van der Waals surface area contributed by atoms with E-state index in [0.29, 0.717) is 10.9 Å². The Labute approximate surface area is 103 Å². The SMILES string of the molecule is Cc1nc2cc(-c3ccco3)nn2c(Cl)c1C. The summed E-state index contributed by atoms with van der Waals surface area (Å²) in [5.74, 6) is 0.710. The fourth-order valence-electron chi connectivity index (χ4n) is 1.70. The molecule has 5 heteroatoms. The zero-order valence-electron chi connectivity index (χ0n) is 9.44. The summed E-state index contributed by atoms with van der Waals surface area (Å²) in [6.07, 6.45) is 1.62. The van der Waals surface area contributed by atoms with Gasteiger partial charge in [-0.3, -0.25) is 0 Å². The Morgan fingerprint density at radius 3 is 2.88 bits per heavy atom. The van der Waals surface area contributed by atoms with E-state index in [1.807, 2.05) is 32.0 Å². The lowest BCUT2D eigenvalue weighted by molar-refractivity contribution is 0.579. The molecule has 0 radical (unpaired) electrons. The van der Waals surface area contributed by atoms with Crippen LogP contribution in [0.1, 0.15) is 11.3 Å². The number of hydrogen-bond acceptors (Lipinski definition) is 3. The lowest BCUT2D eigenvalue weighted by Crippen LogP contribution is -1.98. The molecule has 3 aromatic rings. The van der Waals surface area contributed by atoms with Crippen LogP contribution in [0.2, 0.25) is 5.15 Å². The lowest BCUT2D eigenvalue weighted by Gasteiger charge is -2.03. The van der Waals surface area contributed by atoms with Crippen LogP contribution in [0.3, 0.4) is 0 Å².